The van der Waals surface area contributed by atoms with E-state index in [0.29, 0.717) is 5.56 Å². The van der Waals surface area contributed by atoms with E-state index in [1.807, 2.05) is 51.1 Å². The molecule has 0 aliphatic carbocycles. The van der Waals surface area contributed by atoms with Gasteiger partial charge in [0.25, 0.3) is 0 Å². The number of fused-ring (bicyclic) bond motifs is 1. The number of hydrogen-bond acceptors (Lipinski definition) is 3. The summed E-state index contributed by atoms with van der Waals surface area (Å²) < 4.78 is 7.87. The molecule has 1 heterocycles. The van der Waals surface area contributed by atoms with Gasteiger partial charge in [-0.1, -0.05) is 61.5 Å². The number of benzene rings is 3. The Morgan fingerprint density at radius 3 is 2.32 bits per heavy atom. The molecule has 4 aromatic rings. The number of rotatable bonds is 5. The SMILES string of the molecule is CCc1nc2ccccc2n1Cc1ccc(-c2ccccc2C(=O)OC(C)(C)C)cc1. The van der Waals surface area contributed by atoms with Crippen molar-refractivity contribution in [1.82, 2.24) is 9.55 Å². The van der Waals surface area contributed by atoms with Crippen LogP contribution in [0.25, 0.3) is 22.2 Å². The average Bonchev–Trinajstić information content (AvgIpc) is 3.11. The van der Waals surface area contributed by atoms with Gasteiger partial charge in [-0.3, -0.25) is 0 Å². The van der Waals surface area contributed by atoms with Gasteiger partial charge in [0.15, 0.2) is 0 Å². The number of ether oxygens (including phenoxy) is 1. The largest absolute Gasteiger partial charge is 0.456 e. The molecule has 4 rings (SSSR count). The van der Waals surface area contributed by atoms with E-state index in [2.05, 4.69) is 54.0 Å². The monoisotopic (exact) mass is 412 g/mol. The summed E-state index contributed by atoms with van der Waals surface area (Å²) in [5, 5.41) is 0. The Kier molecular flexibility index (Phi) is 5.64. The van der Waals surface area contributed by atoms with Gasteiger partial charge in [-0.15, -0.1) is 0 Å². The van der Waals surface area contributed by atoms with Crippen LogP contribution < -0.4 is 0 Å². The number of imidazole rings is 1. The zero-order valence-corrected chi connectivity index (χ0v) is 18.6. The van der Waals surface area contributed by atoms with Crippen molar-refractivity contribution in [1.29, 1.82) is 0 Å². The Labute approximate surface area is 183 Å². The molecule has 3 aromatic carbocycles. The third-order valence-corrected chi connectivity index (χ3v) is 5.20. The first kappa shape index (κ1) is 20.9. The van der Waals surface area contributed by atoms with Crippen LogP contribution in [0.1, 0.15) is 49.4 Å². The second kappa shape index (κ2) is 8.38. The van der Waals surface area contributed by atoms with Crippen molar-refractivity contribution >= 4 is 17.0 Å². The fraction of sp³-hybridized carbons (Fsp3) is 0.259. The lowest BCUT2D eigenvalue weighted by molar-refractivity contribution is 0.00704. The highest BCUT2D eigenvalue weighted by Gasteiger charge is 2.20. The lowest BCUT2D eigenvalue weighted by Gasteiger charge is -2.20. The lowest BCUT2D eigenvalue weighted by atomic mass is 9.98. The molecular weight excluding hydrogens is 384 g/mol. The van der Waals surface area contributed by atoms with Crippen molar-refractivity contribution in [3.05, 3.63) is 89.7 Å². The smallest absolute Gasteiger partial charge is 0.339 e. The maximum absolute atomic E-state index is 12.7. The van der Waals surface area contributed by atoms with Gasteiger partial charge in [0.1, 0.15) is 11.4 Å². The number of carbonyl (C=O) groups is 1. The topological polar surface area (TPSA) is 44.1 Å². The molecule has 158 valence electrons. The number of aromatic nitrogens is 2. The Morgan fingerprint density at radius 2 is 1.61 bits per heavy atom. The maximum Gasteiger partial charge on any atom is 0.339 e. The number of aryl methyl sites for hydroxylation is 1. The molecule has 0 bridgehead atoms. The van der Waals surface area contributed by atoms with Gasteiger partial charge in [-0.2, -0.15) is 0 Å². The van der Waals surface area contributed by atoms with E-state index < -0.39 is 5.60 Å². The first-order valence-corrected chi connectivity index (χ1v) is 10.7. The molecular formula is C27H28N2O2. The summed E-state index contributed by atoms with van der Waals surface area (Å²) in [6, 6.07) is 24.2. The lowest BCUT2D eigenvalue weighted by Crippen LogP contribution is -2.24. The number of esters is 1. The number of para-hydroxylation sites is 2. The molecule has 4 nitrogen and oxygen atoms in total. The second-order valence-electron chi connectivity index (χ2n) is 8.70. The van der Waals surface area contributed by atoms with Gasteiger partial charge in [0.2, 0.25) is 0 Å². The molecule has 0 aliphatic rings. The zero-order valence-electron chi connectivity index (χ0n) is 18.6. The van der Waals surface area contributed by atoms with Crippen LogP contribution in [0.4, 0.5) is 0 Å². The molecule has 0 fully saturated rings. The molecule has 4 heteroatoms. The van der Waals surface area contributed by atoms with E-state index in [4.69, 9.17) is 9.72 Å². The third kappa shape index (κ3) is 4.53. The highest BCUT2D eigenvalue weighted by molar-refractivity contribution is 5.97. The van der Waals surface area contributed by atoms with Crippen LogP contribution in [0, 0.1) is 0 Å². The predicted molar refractivity (Wildman–Crippen MR) is 125 cm³/mol. The standard InChI is InChI=1S/C27H28N2O2/c1-5-25-28-23-12-8-9-13-24(23)29(25)18-19-14-16-20(17-15-19)21-10-6-7-11-22(21)26(30)31-27(2,3)4/h6-17H,5,18H2,1-4H3. The summed E-state index contributed by atoms with van der Waals surface area (Å²) in [7, 11) is 0. The van der Waals surface area contributed by atoms with Gasteiger partial charge in [0, 0.05) is 13.0 Å². The Balaban J connectivity index is 1.63. The molecule has 0 radical (unpaired) electrons. The molecule has 0 N–H and O–H groups in total. The maximum atomic E-state index is 12.7. The fourth-order valence-electron chi connectivity index (χ4n) is 3.79. The number of carbonyl (C=O) groups excluding carboxylic acids is 1. The highest BCUT2D eigenvalue weighted by Crippen LogP contribution is 2.27. The summed E-state index contributed by atoms with van der Waals surface area (Å²) in [5.74, 6) is 0.783. The summed E-state index contributed by atoms with van der Waals surface area (Å²) in [6.45, 7) is 8.54. The summed E-state index contributed by atoms with van der Waals surface area (Å²) in [5.41, 5.74) is 5.30. The molecule has 0 spiro atoms. The normalized spacial score (nSPS) is 11.6. The summed E-state index contributed by atoms with van der Waals surface area (Å²) in [4.78, 5) is 17.5. The zero-order chi connectivity index (χ0) is 22.0. The Bertz CT molecular complexity index is 1210. The molecule has 0 saturated carbocycles. The minimum absolute atomic E-state index is 0.301. The van der Waals surface area contributed by atoms with Crippen molar-refractivity contribution in [2.24, 2.45) is 0 Å². The second-order valence-corrected chi connectivity index (χ2v) is 8.70. The Morgan fingerprint density at radius 1 is 0.935 bits per heavy atom. The van der Waals surface area contributed by atoms with Crippen molar-refractivity contribution < 1.29 is 9.53 Å². The van der Waals surface area contributed by atoms with Gasteiger partial charge in [-0.05, 0) is 55.7 Å². The summed E-state index contributed by atoms with van der Waals surface area (Å²) >= 11 is 0. The van der Waals surface area contributed by atoms with Crippen LogP contribution >= 0.6 is 0 Å². The minimum atomic E-state index is -0.529. The van der Waals surface area contributed by atoms with E-state index in [-0.39, 0.29) is 5.97 Å². The minimum Gasteiger partial charge on any atom is -0.456 e. The highest BCUT2D eigenvalue weighted by atomic mass is 16.6. The first-order valence-electron chi connectivity index (χ1n) is 10.7. The first-order chi connectivity index (χ1) is 14.9. The van der Waals surface area contributed by atoms with Crippen LogP contribution in [0.3, 0.4) is 0 Å². The van der Waals surface area contributed by atoms with Crippen LogP contribution in [0.5, 0.6) is 0 Å². The molecule has 0 saturated heterocycles. The van der Waals surface area contributed by atoms with Crippen molar-refractivity contribution in [3.8, 4) is 11.1 Å². The Hall–Kier alpha value is -3.40. The molecule has 0 aliphatic heterocycles. The molecule has 31 heavy (non-hydrogen) atoms. The predicted octanol–water partition coefficient (Wildman–Crippen LogP) is 6.27. The third-order valence-electron chi connectivity index (χ3n) is 5.20. The molecule has 0 unspecified atom stereocenters. The van der Waals surface area contributed by atoms with E-state index >= 15 is 0 Å². The van der Waals surface area contributed by atoms with Crippen LogP contribution in [-0.4, -0.2) is 21.1 Å². The van der Waals surface area contributed by atoms with Crippen molar-refractivity contribution in [2.45, 2.75) is 46.3 Å². The van der Waals surface area contributed by atoms with Crippen molar-refractivity contribution in [3.63, 3.8) is 0 Å². The van der Waals surface area contributed by atoms with Gasteiger partial charge < -0.3 is 9.30 Å². The fourth-order valence-corrected chi connectivity index (χ4v) is 3.79. The van der Waals surface area contributed by atoms with Crippen LogP contribution in [0.2, 0.25) is 0 Å². The number of hydrogen-bond donors (Lipinski definition) is 0. The molecule has 0 amide bonds. The van der Waals surface area contributed by atoms with Gasteiger partial charge >= 0.3 is 5.97 Å². The van der Waals surface area contributed by atoms with Gasteiger partial charge in [-0.25, -0.2) is 9.78 Å². The van der Waals surface area contributed by atoms with E-state index in [0.717, 1.165) is 41.0 Å². The van der Waals surface area contributed by atoms with E-state index in [9.17, 15) is 4.79 Å². The average molecular weight is 413 g/mol. The van der Waals surface area contributed by atoms with Crippen LogP contribution in [-0.2, 0) is 17.7 Å². The van der Waals surface area contributed by atoms with Crippen molar-refractivity contribution in [2.75, 3.05) is 0 Å². The van der Waals surface area contributed by atoms with E-state index in [1.54, 1.807) is 0 Å². The van der Waals surface area contributed by atoms with Crippen LogP contribution in [0.15, 0.2) is 72.8 Å². The quantitative estimate of drug-likeness (QED) is 0.363. The number of nitrogens with zero attached hydrogens (tertiary/aromatic N) is 2. The molecule has 0 atom stereocenters. The van der Waals surface area contributed by atoms with E-state index in [1.165, 1.54) is 5.56 Å². The van der Waals surface area contributed by atoms with Gasteiger partial charge in [0.05, 0.1) is 16.6 Å². The summed E-state index contributed by atoms with van der Waals surface area (Å²) in [6.07, 6.45) is 0.885. The molecule has 1 aromatic heterocycles.